The van der Waals surface area contributed by atoms with Gasteiger partial charge in [-0.2, -0.15) is 0 Å². The fraction of sp³-hybridized carbons (Fsp3) is 0.667. The average Bonchev–Trinajstić information content (AvgIpc) is 3.39. The Morgan fingerprint density at radius 1 is 1.38 bits per heavy atom. The van der Waals surface area contributed by atoms with Gasteiger partial charge in [-0.3, -0.25) is 9.89 Å². The lowest BCUT2D eigenvalue weighted by Gasteiger charge is -2.31. The molecule has 0 radical (unpaired) electrons. The van der Waals surface area contributed by atoms with E-state index in [-0.39, 0.29) is 23.9 Å². The van der Waals surface area contributed by atoms with Gasteiger partial charge in [-0.25, -0.2) is 4.39 Å². The summed E-state index contributed by atoms with van der Waals surface area (Å²) >= 11 is 6.37. The molecule has 0 saturated carbocycles. The number of likely N-dealkylation sites (tertiary alicyclic amines) is 1. The highest BCUT2D eigenvalue weighted by Crippen LogP contribution is 2.33. The maximum Gasteiger partial charge on any atom is 0.191 e. The first kappa shape index (κ1) is 22.3. The molecule has 2 fully saturated rings. The zero-order chi connectivity index (χ0) is 20.7. The zero-order valence-electron chi connectivity index (χ0n) is 17.1. The summed E-state index contributed by atoms with van der Waals surface area (Å²) in [6.45, 7) is 4.53. The van der Waals surface area contributed by atoms with Gasteiger partial charge in [0.25, 0.3) is 0 Å². The summed E-state index contributed by atoms with van der Waals surface area (Å²) in [7, 11) is 1.72. The van der Waals surface area contributed by atoms with Crippen LogP contribution in [0.2, 0.25) is 5.02 Å². The Morgan fingerprint density at radius 3 is 2.79 bits per heavy atom. The minimum Gasteiger partial charge on any atom is -0.396 e. The van der Waals surface area contributed by atoms with Crippen LogP contribution in [0.3, 0.4) is 0 Å². The van der Waals surface area contributed by atoms with Gasteiger partial charge in [0.1, 0.15) is 5.82 Å². The van der Waals surface area contributed by atoms with E-state index < -0.39 is 0 Å². The van der Waals surface area contributed by atoms with Gasteiger partial charge in [0, 0.05) is 49.4 Å². The molecular weight excluding hydrogens is 395 g/mol. The van der Waals surface area contributed by atoms with Crippen molar-refractivity contribution in [2.45, 2.75) is 31.7 Å². The molecule has 0 amide bonds. The number of hydrogen-bond donors (Lipinski definition) is 3. The number of aliphatic hydroxyl groups excluding tert-OH is 1. The molecule has 3 rings (SSSR count). The Kier molecular flexibility index (Phi) is 8.12. The maximum absolute atomic E-state index is 14.6. The summed E-state index contributed by atoms with van der Waals surface area (Å²) in [5.41, 5.74) is 0.468. The van der Waals surface area contributed by atoms with Crippen LogP contribution < -0.4 is 10.6 Å². The van der Waals surface area contributed by atoms with Crippen molar-refractivity contribution in [3.8, 4) is 0 Å². The van der Waals surface area contributed by atoms with Crippen LogP contribution in [0.1, 0.15) is 37.3 Å². The highest BCUT2D eigenvalue weighted by atomic mass is 35.5. The van der Waals surface area contributed by atoms with Crippen molar-refractivity contribution in [1.29, 1.82) is 0 Å². The lowest BCUT2D eigenvalue weighted by atomic mass is 9.84. The lowest BCUT2D eigenvalue weighted by molar-refractivity contribution is 0.127. The summed E-state index contributed by atoms with van der Waals surface area (Å²) in [6, 6.07) is 4.69. The molecule has 0 aliphatic carbocycles. The summed E-state index contributed by atoms with van der Waals surface area (Å²) in [6.07, 6.45) is 3.83. The van der Waals surface area contributed by atoms with Gasteiger partial charge in [-0.05, 0) is 50.9 Å². The van der Waals surface area contributed by atoms with Gasteiger partial charge in [-0.15, -0.1) is 0 Å². The topological polar surface area (TPSA) is 69.1 Å². The third-order valence-corrected chi connectivity index (χ3v) is 6.39. The molecule has 2 saturated heterocycles. The van der Waals surface area contributed by atoms with Gasteiger partial charge in [0.2, 0.25) is 0 Å². The quantitative estimate of drug-likeness (QED) is 0.440. The van der Waals surface area contributed by atoms with Crippen LogP contribution in [-0.2, 0) is 4.74 Å². The van der Waals surface area contributed by atoms with E-state index in [1.165, 1.54) is 6.07 Å². The number of nitrogens with one attached hydrogen (secondary N) is 2. The molecule has 8 heteroatoms. The standard InChI is InChI=1S/C21H32ClFN4O2/c1-24-20(26-14-21(7-11-28)8-12-29-15-21)25-13-18(27-9-2-3-10-27)19-16(22)5-4-6-17(19)23/h4-6,18,28H,2-3,7-15H2,1H3,(H2,24,25,26). The molecule has 2 unspecified atom stereocenters. The minimum absolute atomic E-state index is 0.0738. The monoisotopic (exact) mass is 426 g/mol. The van der Waals surface area contributed by atoms with Crippen LogP contribution in [-0.4, -0.2) is 69.0 Å². The molecule has 29 heavy (non-hydrogen) atoms. The molecule has 0 bridgehead atoms. The Bertz CT molecular complexity index is 671. The van der Waals surface area contributed by atoms with Crippen LogP contribution in [0.5, 0.6) is 0 Å². The first-order chi connectivity index (χ1) is 14.1. The van der Waals surface area contributed by atoms with Gasteiger partial charge in [-0.1, -0.05) is 17.7 Å². The number of benzene rings is 1. The van der Waals surface area contributed by atoms with E-state index in [1.807, 2.05) is 0 Å². The third-order valence-electron chi connectivity index (χ3n) is 6.06. The van der Waals surface area contributed by atoms with Crippen molar-refractivity contribution >= 4 is 17.6 Å². The lowest BCUT2D eigenvalue weighted by Crippen LogP contribution is -2.47. The molecule has 0 aromatic heterocycles. The predicted molar refractivity (Wildman–Crippen MR) is 114 cm³/mol. The molecule has 1 aromatic carbocycles. The molecular formula is C21H32ClFN4O2. The van der Waals surface area contributed by atoms with E-state index in [1.54, 1.807) is 19.2 Å². The third kappa shape index (κ3) is 5.60. The molecule has 2 aliphatic heterocycles. The van der Waals surface area contributed by atoms with Crippen molar-refractivity contribution in [2.24, 2.45) is 10.4 Å². The highest BCUT2D eigenvalue weighted by molar-refractivity contribution is 6.31. The second kappa shape index (κ2) is 10.6. The predicted octanol–water partition coefficient (Wildman–Crippen LogP) is 2.57. The van der Waals surface area contributed by atoms with Crippen molar-refractivity contribution in [3.05, 3.63) is 34.6 Å². The first-order valence-corrected chi connectivity index (χ1v) is 10.8. The SMILES string of the molecule is CN=C(NCC(c1c(F)cccc1Cl)N1CCCC1)NCC1(CCO)CCOC1. The molecule has 0 spiro atoms. The number of aliphatic hydroxyl groups is 1. The van der Waals surface area contributed by atoms with Gasteiger partial charge in [0.05, 0.1) is 12.6 Å². The van der Waals surface area contributed by atoms with E-state index in [9.17, 15) is 9.50 Å². The number of halogens is 2. The van der Waals surface area contributed by atoms with Crippen LogP contribution >= 0.6 is 11.6 Å². The molecule has 3 N–H and O–H groups in total. The van der Waals surface area contributed by atoms with E-state index in [0.29, 0.717) is 42.7 Å². The normalized spacial score (nSPS) is 24.1. The van der Waals surface area contributed by atoms with E-state index >= 15 is 0 Å². The average molecular weight is 427 g/mol. The highest BCUT2D eigenvalue weighted by Gasteiger charge is 2.34. The Morgan fingerprint density at radius 2 is 2.17 bits per heavy atom. The molecule has 1 aromatic rings. The van der Waals surface area contributed by atoms with Crippen molar-refractivity contribution in [3.63, 3.8) is 0 Å². The number of nitrogens with zero attached hydrogens (tertiary/aromatic N) is 2. The number of ether oxygens (including phenoxy) is 1. The summed E-state index contributed by atoms with van der Waals surface area (Å²) in [4.78, 5) is 6.60. The fourth-order valence-corrected chi connectivity index (χ4v) is 4.58. The van der Waals surface area contributed by atoms with E-state index in [0.717, 1.165) is 39.0 Å². The first-order valence-electron chi connectivity index (χ1n) is 10.4. The molecule has 6 nitrogen and oxygen atoms in total. The van der Waals surface area contributed by atoms with Crippen molar-refractivity contribution < 1.29 is 14.2 Å². The Balaban J connectivity index is 1.66. The molecule has 2 atom stereocenters. The van der Waals surface area contributed by atoms with Gasteiger partial charge < -0.3 is 20.5 Å². The summed E-state index contributed by atoms with van der Waals surface area (Å²) in [5, 5.41) is 16.6. The Hall–Kier alpha value is -1.41. The van der Waals surface area contributed by atoms with Gasteiger partial charge in [0.15, 0.2) is 5.96 Å². The van der Waals surface area contributed by atoms with Crippen LogP contribution in [0, 0.1) is 11.2 Å². The molecule has 2 heterocycles. The summed E-state index contributed by atoms with van der Waals surface area (Å²) in [5.74, 6) is 0.384. The van der Waals surface area contributed by atoms with E-state index in [4.69, 9.17) is 16.3 Å². The smallest absolute Gasteiger partial charge is 0.191 e. The maximum atomic E-state index is 14.6. The molecule has 2 aliphatic rings. The molecule has 162 valence electrons. The van der Waals surface area contributed by atoms with E-state index in [2.05, 4.69) is 20.5 Å². The van der Waals surface area contributed by atoms with Crippen molar-refractivity contribution in [2.75, 3.05) is 53.0 Å². The zero-order valence-corrected chi connectivity index (χ0v) is 17.8. The summed E-state index contributed by atoms with van der Waals surface area (Å²) < 4.78 is 20.2. The van der Waals surface area contributed by atoms with Gasteiger partial charge >= 0.3 is 0 Å². The second-order valence-corrected chi connectivity index (χ2v) is 8.38. The second-order valence-electron chi connectivity index (χ2n) is 7.98. The van der Waals surface area contributed by atoms with Crippen molar-refractivity contribution in [1.82, 2.24) is 15.5 Å². The largest absolute Gasteiger partial charge is 0.396 e. The van der Waals surface area contributed by atoms with Crippen LogP contribution in [0.4, 0.5) is 4.39 Å². The Labute approximate surface area is 177 Å². The van der Waals surface area contributed by atoms with Crippen LogP contribution in [0.15, 0.2) is 23.2 Å². The van der Waals surface area contributed by atoms with Crippen LogP contribution in [0.25, 0.3) is 0 Å². The number of rotatable bonds is 8. The minimum atomic E-state index is -0.274. The number of guanidine groups is 1. The number of aliphatic imine (C=N–C) groups is 1. The number of hydrogen-bond acceptors (Lipinski definition) is 4. The fourth-order valence-electron chi connectivity index (χ4n) is 4.29.